The summed E-state index contributed by atoms with van der Waals surface area (Å²) >= 11 is 0. The molecule has 5 heteroatoms. The van der Waals surface area contributed by atoms with Crippen molar-refractivity contribution in [3.63, 3.8) is 0 Å². The van der Waals surface area contributed by atoms with E-state index in [2.05, 4.69) is 15.3 Å². The Balaban J connectivity index is 2.01. The molecule has 1 heterocycles. The maximum absolute atomic E-state index is 11.8. The summed E-state index contributed by atoms with van der Waals surface area (Å²) in [7, 11) is 0. The first kappa shape index (κ1) is 11.1. The molecule has 1 amide bonds. The number of anilines is 1. The fourth-order valence-corrected chi connectivity index (χ4v) is 1.39. The Morgan fingerprint density at radius 3 is 2.82 bits per heavy atom. The van der Waals surface area contributed by atoms with Crippen LogP contribution in [0.4, 0.5) is 5.69 Å². The van der Waals surface area contributed by atoms with Crippen LogP contribution in [0.25, 0.3) is 0 Å². The second kappa shape index (κ2) is 5.07. The molecule has 3 N–H and O–H groups in total. The zero-order valence-corrected chi connectivity index (χ0v) is 9.13. The van der Waals surface area contributed by atoms with Gasteiger partial charge in [0.2, 0.25) is 0 Å². The molecule has 0 unspecified atom stereocenters. The summed E-state index contributed by atoms with van der Waals surface area (Å²) in [5.74, 6) is -0.214. The lowest BCUT2D eigenvalue weighted by Gasteiger charge is -2.06. The largest absolute Gasteiger partial charge is 0.398 e. The molecule has 2 aromatic rings. The molecule has 0 spiro atoms. The van der Waals surface area contributed by atoms with E-state index in [1.807, 2.05) is 0 Å². The van der Waals surface area contributed by atoms with Crippen molar-refractivity contribution < 1.29 is 4.79 Å². The standard InChI is InChI=1S/C12H12N4O/c13-11-4-2-1-3-10(11)12(17)16-8-9-7-14-5-6-15-9/h1-7H,8,13H2,(H,16,17). The van der Waals surface area contributed by atoms with Crippen LogP contribution in [0.1, 0.15) is 16.1 Å². The van der Waals surface area contributed by atoms with Gasteiger partial charge in [0.15, 0.2) is 0 Å². The molecular formula is C12H12N4O. The highest BCUT2D eigenvalue weighted by atomic mass is 16.1. The maximum Gasteiger partial charge on any atom is 0.253 e. The predicted molar refractivity (Wildman–Crippen MR) is 64.1 cm³/mol. The van der Waals surface area contributed by atoms with Gasteiger partial charge in [0.05, 0.1) is 24.0 Å². The van der Waals surface area contributed by atoms with Gasteiger partial charge in [-0.05, 0) is 12.1 Å². The minimum Gasteiger partial charge on any atom is -0.398 e. The zero-order chi connectivity index (χ0) is 12.1. The molecule has 2 rings (SSSR count). The van der Waals surface area contributed by atoms with Crippen LogP contribution in [0.5, 0.6) is 0 Å². The Bertz CT molecular complexity index is 513. The Morgan fingerprint density at radius 2 is 2.12 bits per heavy atom. The van der Waals surface area contributed by atoms with E-state index in [1.165, 1.54) is 0 Å². The van der Waals surface area contributed by atoms with Gasteiger partial charge in [0.25, 0.3) is 5.91 Å². The van der Waals surface area contributed by atoms with E-state index < -0.39 is 0 Å². The van der Waals surface area contributed by atoms with Gasteiger partial charge >= 0.3 is 0 Å². The lowest BCUT2D eigenvalue weighted by Crippen LogP contribution is -2.24. The number of para-hydroxylation sites is 1. The summed E-state index contributed by atoms with van der Waals surface area (Å²) < 4.78 is 0. The molecule has 5 nitrogen and oxygen atoms in total. The molecule has 0 saturated heterocycles. The summed E-state index contributed by atoms with van der Waals surface area (Å²) in [6.07, 6.45) is 4.77. The summed E-state index contributed by atoms with van der Waals surface area (Å²) in [6.45, 7) is 0.334. The highest BCUT2D eigenvalue weighted by molar-refractivity contribution is 5.98. The highest BCUT2D eigenvalue weighted by Crippen LogP contribution is 2.09. The van der Waals surface area contributed by atoms with Gasteiger partial charge in [0, 0.05) is 18.1 Å². The number of carbonyl (C=O) groups is 1. The number of nitrogen functional groups attached to an aromatic ring is 1. The molecule has 0 radical (unpaired) electrons. The molecule has 0 bridgehead atoms. The van der Waals surface area contributed by atoms with Crippen molar-refractivity contribution in [2.75, 3.05) is 5.73 Å². The number of aromatic nitrogens is 2. The normalized spacial score (nSPS) is 9.88. The van der Waals surface area contributed by atoms with Crippen LogP contribution < -0.4 is 11.1 Å². The molecule has 0 atom stereocenters. The smallest absolute Gasteiger partial charge is 0.253 e. The summed E-state index contributed by atoms with van der Waals surface area (Å²) in [5, 5.41) is 2.73. The Labute approximate surface area is 98.7 Å². The Kier molecular flexibility index (Phi) is 3.30. The third-order valence-corrected chi connectivity index (χ3v) is 2.25. The summed E-state index contributed by atoms with van der Waals surface area (Å²) in [6, 6.07) is 6.93. The number of rotatable bonds is 3. The third-order valence-electron chi connectivity index (χ3n) is 2.25. The number of carbonyl (C=O) groups excluding carboxylic acids is 1. The second-order valence-electron chi connectivity index (χ2n) is 3.47. The van der Waals surface area contributed by atoms with Crippen molar-refractivity contribution in [2.45, 2.75) is 6.54 Å². The first-order valence-electron chi connectivity index (χ1n) is 5.15. The highest BCUT2D eigenvalue weighted by Gasteiger charge is 2.08. The number of hydrogen-bond donors (Lipinski definition) is 2. The van der Waals surface area contributed by atoms with Gasteiger partial charge < -0.3 is 11.1 Å². The quantitative estimate of drug-likeness (QED) is 0.767. The summed E-state index contributed by atoms with van der Waals surface area (Å²) in [4.78, 5) is 19.8. The fraction of sp³-hybridized carbons (Fsp3) is 0.0833. The van der Waals surface area contributed by atoms with E-state index in [4.69, 9.17) is 5.73 Å². The molecule has 1 aromatic heterocycles. The molecule has 0 saturated carbocycles. The van der Waals surface area contributed by atoms with Crippen molar-refractivity contribution in [3.8, 4) is 0 Å². The predicted octanol–water partition coefficient (Wildman–Crippen LogP) is 0.989. The first-order valence-corrected chi connectivity index (χ1v) is 5.15. The van der Waals surface area contributed by atoms with E-state index in [-0.39, 0.29) is 5.91 Å². The van der Waals surface area contributed by atoms with Gasteiger partial charge in [-0.2, -0.15) is 0 Å². The first-order chi connectivity index (χ1) is 8.27. The van der Waals surface area contributed by atoms with Crippen LogP contribution >= 0.6 is 0 Å². The van der Waals surface area contributed by atoms with E-state index in [0.29, 0.717) is 23.5 Å². The summed E-state index contributed by atoms with van der Waals surface area (Å²) in [5.41, 5.74) is 7.34. The number of nitrogens with one attached hydrogen (secondary N) is 1. The molecule has 0 fully saturated rings. The van der Waals surface area contributed by atoms with Crippen LogP contribution in [0.2, 0.25) is 0 Å². The third kappa shape index (κ3) is 2.78. The van der Waals surface area contributed by atoms with Gasteiger partial charge in [-0.3, -0.25) is 14.8 Å². The van der Waals surface area contributed by atoms with E-state index in [0.717, 1.165) is 0 Å². The van der Waals surface area contributed by atoms with Gasteiger partial charge in [-0.25, -0.2) is 0 Å². The lowest BCUT2D eigenvalue weighted by atomic mass is 10.1. The number of benzene rings is 1. The molecule has 0 aliphatic rings. The van der Waals surface area contributed by atoms with E-state index in [1.54, 1.807) is 42.9 Å². The van der Waals surface area contributed by atoms with Gasteiger partial charge in [0.1, 0.15) is 0 Å². The Morgan fingerprint density at radius 1 is 1.29 bits per heavy atom. The van der Waals surface area contributed by atoms with Gasteiger partial charge in [-0.1, -0.05) is 12.1 Å². The van der Waals surface area contributed by atoms with Crippen LogP contribution in [0.15, 0.2) is 42.9 Å². The van der Waals surface area contributed by atoms with Crippen LogP contribution in [0, 0.1) is 0 Å². The minimum atomic E-state index is -0.214. The fourth-order valence-electron chi connectivity index (χ4n) is 1.39. The van der Waals surface area contributed by atoms with Crippen molar-refractivity contribution >= 4 is 11.6 Å². The number of nitrogens with zero attached hydrogens (tertiary/aromatic N) is 2. The van der Waals surface area contributed by atoms with Crippen LogP contribution in [-0.2, 0) is 6.54 Å². The van der Waals surface area contributed by atoms with E-state index in [9.17, 15) is 4.79 Å². The number of nitrogens with two attached hydrogens (primary N) is 1. The molecule has 17 heavy (non-hydrogen) atoms. The molecular weight excluding hydrogens is 216 g/mol. The van der Waals surface area contributed by atoms with Crippen molar-refractivity contribution in [1.29, 1.82) is 0 Å². The van der Waals surface area contributed by atoms with E-state index >= 15 is 0 Å². The zero-order valence-electron chi connectivity index (χ0n) is 9.13. The molecule has 86 valence electrons. The van der Waals surface area contributed by atoms with Crippen molar-refractivity contribution in [3.05, 3.63) is 54.1 Å². The van der Waals surface area contributed by atoms with Crippen LogP contribution in [0.3, 0.4) is 0 Å². The van der Waals surface area contributed by atoms with Crippen molar-refractivity contribution in [2.24, 2.45) is 0 Å². The lowest BCUT2D eigenvalue weighted by molar-refractivity contribution is 0.0951. The average molecular weight is 228 g/mol. The van der Waals surface area contributed by atoms with Crippen molar-refractivity contribution in [1.82, 2.24) is 15.3 Å². The topological polar surface area (TPSA) is 80.9 Å². The van der Waals surface area contributed by atoms with Gasteiger partial charge in [-0.15, -0.1) is 0 Å². The number of amides is 1. The SMILES string of the molecule is Nc1ccccc1C(=O)NCc1cnccn1. The van der Waals surface area contributed by atoms with Crippen LogP contribution in [-0.4, -0.2) is 15.9 Å². The second-order valence-corrected chi connectivity index (χ2v) is 3.47. The average Bonchev–Trinajstić information content (AvgIpc) is 2.38. The molecule has 0 aliphatic heterocycles. The molecule has 0 aliphatic carbocycles. The molecule has 1 aromatic carbocycles. The maximum atomic E-state index is 11.8. The number of hydrogen-bond acceptors (Lipinski definition) is 4. The minimum absolute atomic E-state index is 0.214. The Hall–Kier alpha value is -2.43. The monoisotopic (exact) mass is 228 g/mol.